The molecule has 0 fully saturated rings. The highest BCUT2D eigenvalue weighted by molar-refractivity contribution is 6.30. The molecule has 7 nitrogen and oxygen atoms in total. The van der Waals surface area contributed by atoms with Gasteiger partial charge in [-0.1, -0.05) is 17.7 Å². The maximum atomic E-state index is 13.5. The Labute approximate surface area is 193 Å². The molecule has 0 amide bonds. The van der Waals surface area contributed by atoms with Gasteiger partial charge in [0.2, 0.25) is 0 Å². The lowest BCUT2D eigenvalue weighted by Crippen LogP contribution is -2.26. The van der Waals surface area contributed by atoms with Gasteiger partial charge in [0.1, 0.15) is 5.82 Å². The van der Waals surface area contributed by atoms with Crippen molar-refractivity contribution in [1.82, 2.24) is 19.3 Å². The van der Waals surface area contributed by atoms with E-state index in [0.717, 1.165) is 28.1 Å². The van der Waals surface area contributed by atoms with Gasteiger partial charge in [-0.25, -0.2) is 4.39 Å². The number of aliphatic hydroxyl groups excluding tert-OH is 1. The number of hydrogen-bond donors (Lipinski definition) is 1. The highest BCUT2D eigenvalue weighted by atomic mass is 35.5. The van der Waals surface area contributed by atoms with E-state index in [2.05, 4.69) is 15.1 Å². The summed E-state index contributed by atoms with van der Waals surface area (Å²) in [5, 5.41) is 14.1. The Morgan fingerprint density at radius 2 is 2.00 bits per heavy atom. The highest BCUT2D eigenvalue weighted by Crippen LogP contribution is 2.27. The molecule has 0 spiro atoms. The van der Waals surface area contributed by atoms with Crippen molar-refractivity contribution in [3.63, 3.8) is 0 Å². The summed E-state index contributed by atoms with van der Waals surface area (Å²) < 4.78 is 16.7. The fourth-order valence-corrected chi connectivity index (χ4v) is 4.20. The Morgan fingerprint density at radius 1 is 1.15 bits per heavy atom. The fourth-order valence-electron chi connectivity index (χ4n) is 4.01. The van der Waals surface area contributed by atoms with Gasteiger partial charge < -0.3 is 9.67 Å². The molecule has 1 aliphatic heterocycles. The van der Waals surface area contributed by atoms with Gasteiger partial charge in [0.15, 0.2) is 0 Å². The largest absolute Gasteiger partial charge is 0.394 e. The van der Waals surface area contributed by atoms with Crippen LogP contribution in [-0.4, -0.2) is 36.8 Å². The van der Waals surface area contributed by atoms with Crippen LogP contribution in [0.15, 0.2) is 71.0 Å². The molecule has 0 unspecified atom stereocenters. The third-order valence-electron chi connectivity index (χ3n) is 5.71. The van der Waals surface area contributed by atoms with Crippen LogP contribution in [0.2, 0.25) is 5.02 Å². The first-order chi connectivity index (χ1) is 15.9. The van der Waals surface area contributed by atoms with Gasteiger partial charge in [-0.15, -0.1) is 0 Å². The minimum atomic E-state index is -0.688. The zero-order valence-corrected chi connectivity index (χ0v) is 18.4. The molecule has 4 aromatic rings. The smallest absolute Gasteiger partial charge is 0.251 e. The van der Waals surface area contributed by atoms with Crippen LogP contribution in [0.1, 0.15) is 28.4 Å². The zero-order valence-electron chi connectivity index (χ0n) is 17.6. The molecule has 9 heteroatoms. The van der Waals surface area contributed by atoms with Crippen LogP contribution in [-0.2, 0) is 13.6 Å². The van der Waals surface area contributed by atoms with Crippen molar-refractivity contribution in [2.24, 2.45) is 12.0 Å². The predicted molar refractivity (Wildman–Crippen MR) is 123 cm³/mol. The van der Waals surface area contributed by atoms with Crippen molar-refractivity contribution < 1.29 is 9.50 Å². The van der Waals surface area contributed by atoms with Crippen LogP contribution < -0.4 is 5.56 Å². The standard InChI is InChI=1S/C24H19ClFN5O2/c1-30-12-17(10-29-30)24-18-6-16(9-27-21(18)11-28-24)14-4-5-31(23(33)8-14)22(13-32)15-2-3-20(26)19(25)7-15/h2-10,12,22,32H,11,13H2,1H3/t22-/m1/s1. The maximum absolute atomic E-state index is 13.5. The quantitative estimate of drug-likeness (QED) is 0.491. The number of hydrogen-bond acceptors (Lipinski definition) is 5. The lowest BCUT2D eigenvalue weighted by atomic mass is 10.0. The van der Waals surface area contributed by atoms with E-state index < -0.39 is 11.9 Å². The summed E-state index contributed by atoms with van der Waals surface area (Å²) >= 11 is 5.89. The van der Waals surface area contributed by atoms with E-state index in [-0.39, 0.29) is 17.2 Å². The minimum absolute atomic E-state index is 0.0640. The van der Waals surface area contributed by atoms with E-state index >= 15 is 0 Å². The van der Waals surface area contributed by atoms with Crippen LogP contribution in [0, 0.1) is 5.82 Å². The van der Waals surface area contributed by atoms with Gasteiger partial charge in [0.25, 0.3) is 5.56 Å². The van der Waals surface area contributed by atoms with Gasteiger partial charge in [-0.3, -0.25) is 19.5 Å². The third-order valence-corrected chi connectivity index (χ3v) is 6.00. The first-order valence-corrected chi connectivity index (χ1v) is 10.6. The summed E-state index contributed by atoms with van der Waals surface area (Å²) in [6.07, 6.45) is 7.00. The van der Waals surface area contributed by atoms with E-state index in [4.69, 9.17) is 11.6 Å². The third kappa shape index (κ3) is 3.88. The topological polar surface area (TPSA) is 85.3 Å². The Balaban J connectivity index is 1.49. The molecule has 166 valence electrons. The first-order valence-electron chi connectivity index (χ1n) is 10.3. The van der Waals surface area contributed by atoms with Crippen molar-refractivity contribution in [1.29, 1.82) is 0 Å². The molecule has 0 bridgehead atoms. The van der Waals surface area contributed by atoms with E-state index in [1.165, 1.54) is 28.8 Å². The molecule has 4 heterocycles. The molecule has 33 heavy (non-hydrogen) atoms. The van der Waals surface area contributed by atoms with Crippen LogP contribution >= 0.6 is 11.6 Å². The van der Waals surface area contributed by atoms with Crippen molar-refractivity contribution >= 4 is 17.3 Å². The molecule has 3 aromatic heterocycles. The maximum Gasteiger partial charge on any atom is 0.251 e. The molecular weight excluding hydrogens is 445 g/mol. The minimum Gasteiger partial charge on any atom is -0.394 e. The van der Waals surface area contributed by atoms with Gasteiger partial charge in [0, 0.05) is 48.4 Å². The van der Waals surface area contributed by atoms with Crippen molar-refractivity contribution in [3.05, 3.63) is 105 Å². The lowest BCUT2D eigenvalue weighted by Gasteiger charge is -2.19. The summed E-state index contributed by atoms with van der Waals surface area (Å²) in [5.74, 6) is -0.557. The second kappa shape index (κ2) is 8.38. The number of nitrogens with zero attached hydrogens (tertiary/aromatic N) is 5. The van der Waals surface area contributed by atoms with Gasteiger partial charge in [-0.05, 0) is 35.4 Å². The second-order valence-electron chi connectivity index (χ2n) is 7.82. The van der Waals surface area contributed by atoms with Crippen molar-refractivity contribution in [3.8, 4) is 11.1 Å². The number of aromatic nitrogens is 4. The monoisotopic (exact) mass is 463 g/mol. The predicted octanol–water partition coefficient (Wildman–Crippen LogP) is 3.37. The second-order valence-corrected chi connectivity index (χ2v) is 8.23. The molecule has 1 aromatic carbocycles. The summed E-state index contributed by atoms with van der Waals surface area (Å²) in [5.41, 5.74) is 5.23. The van der Waals surface area contributed by atoms with Crippen LogP contribution in [0.3, 0.4) is 0 Å². The normalized spacial score (nSPS) is 13.6. The number of fused-ring (bicyclic) bond motifs is 1. The molecule has 1 N–H and O–H groups in total. The summed E-state index contributed by atoms with van der Waals surface area (Å²) in [6.45, 7) is 0.159. The number of aliphatic imine (C=N–C) groups is 1. The first kappa shape index (κ1) is 21.2. The zero-order chi connectivity index (χ0) is 23.1. The molecule has 1 atom stereocenters. The molecular formula is C24H19ClFN5O2. The Kier molecular flexibility index (Phi) is 5.39. The number of pyridine rings is 2. The van der Waals surface area contributed by atoms with Gasteiger partial charge in [-0.2, -0.15) is 5.10 Å². The van der Waals surface area contributed by atoms with E-state index in [1.54, 1.807) is 29.3 Å². The SMILES string of the molecule is Cn1cc(C2=NCc3ncc(-c4ccn([C@H](CO)c5ccc(F)c(Cl)c5)c(=O)c4)cc32)cn1. The molecule has 0 saturated heterocycles. The lowest BCUT2D eigenvalue weighted by molar-refractivity contribution is 0.247. The fraction of sp³-hybridized carbons (Fsp3) is 0.167. The number of benzene rings is 1. The Hall–Kier alpha value is -3.62. The van der Waals surface area contributed by atoms with E-state index in [9.17, 15) is 14.3 Å². The van der Waals surface area contributed by atoms with Crippen LogP contribution in [0.4, 0.5) is 4.39 Å². The van der Waals surface area contributed by atoms with Gasteiger partial charge >= 0.3 is 0 Å². The summed E-state index contributed by atoms with van der Waals surface area (Å²) in [6, 6.07) is 8.71. The Bertz CT molecular complexity index is 1460. The molecule has 1 aliphatic rings. The van der Waals surface area contributed by atoms with E-state index in [1.807, 2.05) is 19.3 Å². The number of aryl methyl sites for hydroxylation is 1. The van der Waals surface area contributed by atoms with Crippen molar-refractivity contribution in [2.45, 2.75) is 12.6 Å². The van der Waals surface area contributed by atoms with E-state index in [0.29, 0.717) is 17.7 Å². The number of halogens is 2. The average molecular weight is 464 g/mol. The molecule has 0 radical (unpaired) electrons. The van der Waals surface area contributed by atoms with Crippen LogP contribution in [0.5, 0.6) is 0 Å². The average Bonchev–Trinajstić information content (AvgIpc) is 3.43. The molecule has 5 rings (SSSR count). The van der Waals surface area contributed by atoms with Crippen LogP contribution in [0.25, 0.3) is 11.1 Å². The summed E-state index contributed by atoms with van der Waals surface area (Å²) in [7, 11) is 1.85. The number of aliphatic hydroxyl groups is 1. The number of rotatable bonds is 5. The summed E-state index contributed by atoms with van der Waals surface area (Å²) in [4.78, 5) is 22.1. The molecule has 0 saturated carbocycles. The van der Waals surface area contributed by atoms with Gasteiger partial charge in [0.05, 0.1) is 41.8 Å². The van der Waals surface area contributed by atoms with Crippen molar-refractivity contribution in [2.75, 3.05) is 6.61 Å². The molecule has 0 aliphatic carbocycles. The highest BCUT2D eigenvalue weighted by Gasteiger charge is 2.21. The Morgan fingerprint density at radius 3 is 2.70 bits per heavy atom.